The number of carbonyl (C=O) groups is 1. The molecule has 0 bridgehead atoms. The van der Waals surface area contributed by atoms with Crippen LogP contribution < -0.4 is 3.61 Å². The molecule has 68 valence electrons. The molecule has 0 atom stereocenters. The first kappa shape index (κ1) is 9.55. The Bertz CT molecular complexity index is 398. The molecule has 0 aromatic heterocycles. The van der Waals surface area contributed by atoms with Crippen molar-refractivity contribution in [3.63, 3.8) is 0 Å². The van der Waals surface area contributed by atoms with Crippen molar-refractivity contribution in [1.82, 2.24) is 0 Å². The number of fused-ring (bicyclic) bond motifs is 1. The summed E-state index contributed by atoms with van der Waals surface area (Å²) in [5.74, 6) is 0. The van der Waals surface area contributed by atoms with E-state index in [4.69, 9.17) is 17.9 Å². The summed E-state index contributed by atoms with van der Waals surface area (Å²) in [7, 11) is 12.4. The number of halogens is 2. The van der Waals surface area contributed by atoms with Gasteiger partial charge >= 0.3 is 88.1 Å². The summed E-state index contributed by atoms with van der Waals surface area (Å²) in [6.07, 6.45) is 2.57. The molecule has 0 N–H and O–H groups in total. The molecule has 1 heterocycles. The minimum atomic E-state index is -3.20. The fourth-order valence-corrected chi connectivity index (χ4v) is 8.03. The van der Waals surface area contributed by atoms with Crippen LogP contribution in [0.25, 0.3) is 6.08 Å². The maximum absolute atomic E-state index is 10.7. The molecule has 0 aliphatic carbocycles. The number of carbonyl (C=O) groups excluding carboxylic acids is 1. The van der Waals surface area contributed by atoms with Gasteiger partial charge in [-0.05, 0) is 0 Å². The fraction of sp³-hybridized carbons (Fsp3) is 0. The first-order valence-electron chi connectivity index (χ1n) is 3.65. The molecule has 2 rings (SSSR count). The normalized spacial score (nSPS) is 20.3. The monoisotopic (exact) mass is 330 g/mol. The van der Waals surface area contributed by atoms with E-state index < -0.39 is 15.9 Å². The maximum atomic E-state index is 10.7. The van der Waals surface area contributed by atoms with E-state index in [2.05, 4.69) is 0 Å². The summed E-state index contributed by atoms with van der Waals surface area (Å²) < 4.78 is 1.56. The van der Waals surface area contributed by atoms with Crippen LogP contribution in [0.15, 0.2) is 27.9 Å². The summed E-state index contributed by atoms with van der Waals surface area (Å²) in [5, 5.41) is 0. The van der Waals surface area contributed by atoms with E-state index in [9.17, 15) is 4.79 Å². The molecule has 0 fully saturated rings. The molecule has 1 aromatic rings. The van der Waals surface area contributed by atoms with Crippen LogP contribution >= 0.6 is 17.9 Å². The van der Waals surface area contributed by atoms with Crippen LogP contribution in [-0.4, -0.2) is 22.2 Å². The molecule has 1 aliphatic heterocycles. The zero-order valence-corrected chi connectivity index (χ0v) is 10.4. The van der Waals surface area contributed by atoms with Crippen molar-refractivity contribution < 1.29 is 4.79 Å². The first-order valence-corrected chi connectivity index (χ1v) is 11.9. The van der Waals surface area contributed by atoms with Gasteiger partial charge in [0.2, 0.25) is 0 Å². The number of allylic oxidation sites excluding steroid dienone is 1. The van der Waals surface area contributed by atoms with Crippen LogP contribution in [0.3, 0.4) is 0 Å². The minimum absolute atomic E-state index is 0.590. The van der Waals surface area contributed by atoms with E-state index in [0.717, 1.165) is 15.5 Å². The van der Waals surface area contributed by atoms with Crippen LogP contribution in [0.5, 0.6) is 0 Å². The summed E-state index contributed by atoms with van der Waals surface area (Å²) in [4.78, 5) is 10.7. The molecule has 0 spiro atoms. The van der Waals surface area contributed by atoms with Gasteiger partial charge in [-0.1, -0.05) is 0 Å². The van der Waals surface area contributed by atoms with Gasteiger partial charge in [0.15, 0.2) is 0 Å². The number of hydrogen-bond donors (Lipinski definition) is 0. The second-order valence-electron chi connectivity index (χ2n) is 2.67. The van der Waals surface area contributed by atoms with Gasteiger partial charge in [0.1, 0.15) is 0 Å². The standard InChI is InChI=1S/C9H6Cl2OTe/c10-13(11)8(6-12)5-7-3-1-2-4-9(7)13/h1-6H. The van der Waals surface area contributed by atoms with E-state index >= 15 is 0 Å². The van der Waals surface area contributed by atoms with Gasteiger partial charge in [0.25, 0.3) is 0 Å². The van der Waals surface area contributed by atoms with Crippen molar-refractivity contribution in [2.45, 2.75) is 0 Å². The second kappa shape index (κ2) is 3.29. The third kappa shape index (κ3) is 1.43. The van der Waals surface area contributed by atoms with Crippen molar-refractivity contribution in [3.05, 3.63) is 33.4 Å². The average molecular weight is 329 g/mol. The van der Waals surface area contributed by atoms with Crippen molar-refractivity contribution in [2.75, 3.05) is 0 Å². The van der Waals surface area contributed by atoms with Gasteiger partial charge in [-0.3, -0.25) is 0 Å². The molecule has 1 aliphatic rings. The van der Waals surface area contributed by atoms with Crippen LogP contribution in [0.1, 0.15) is 5.56 Å². The molecule has 0 unspecified atom stereocenters. The van der Waals surface area contributed by atoms with E-state index in [1.165, 1.54) is 0 Å². The topological polar surface area (TPSA) is 17.1 Å². The van der Waals surface area contributed by atoms with Gasteiger partial charge in [-0.15, -0.1) is 0 Å². The van der Waals surface area contributed by atoms with Gasteiger partial charge in [0.05, 0.1) is 0 Å². The molecule has 13 heavy (non-hydrogen) atoms. The molecule has 0 saturated heterocycles. The number of aldehydes is 1. The Morgan fingerprint density at radius 3 is 2.54 bits per heavy atom. The molecule has 1 nitrogen and oxygen atoms in total. The van der Waals surface area contributed by atoms with Crippen molar-refractivity contribution >= 4 is 49.8 Å². The molecule has 1 aromatic carbocycles. The summed E-state index contributed by atoms with van der Waals surface area (Å²) in [6.45, 7) is 0. The fourth-order valence-electron chi connectivity index (χ4n) is 1.28. The molecule has 0 amide bonds. The van der Waals surface area contributed by atoms with Crippen molar-refractivity contribution in [2.24, 2.45) is 0 Å². The third-order valence-corrected chi connectivity index (χ3v) is 11.5. The Morgan fingerprint density at radius 1 is 1.23 bits per heavy atom. The van der Waals surface area contributed by atoms with E-state index in [1.54, 1.807) is 6.08 Å². The molecular weight excluding hydrogens is 323 g/mol. The zero-order chi connectivity index (χ0) is 9.47. The predicted octanol–water partition coefficient (Wildman–Crippen LogP) is 1.95. The van der Waals surface area contributed by atoms with Gasteiger partial charge < -0.3 is 0 Å². The summed E-state index contributed by atoms with van der Waals surface area (Å²) in [5.41, 5.74) is 0.996. The van der Waals surface area contributed by atoms with Crippen LogP contribution in [0, 0.1) is 0 Å². The molecule has 4 heteroatoms. The van der Waals surface area contributed by atoms with Gasteiger partial charge in [-0.25, -0.2) is 0 Å². The van der Waals surface area contributed by atoms with E-state index in [-0.39, 0.29) is 0 Å². The van der Waals surface area contributed by atoms with Crippen LogP contribution in [0.2, 0.25) is 0 Å². The Hall–Kier alpha value is -0.000390. The predicted molar refractivity (Wildman–Crippen MR) is 57.6 cm³/mol. The van der Waals surface area contributed by atoms with Crippen LogP contribution in [0.4, 0.5) is 0 Å². The average Bonchev–Trinajstić information content (AvgIpc) is 2.39. The zero-order valence-electron chi connectivity index (χ0n) is 6.54. The summed E-state index contributed by atoms with van der Waals surface area (Å²) >= 11 is -3.20. The number of rotatable bonds is 1. The molecule has 0 saturated carbocycles. The second-order valence-corrected chi connectivity index (χ2v) is 15.2. The van der Waals surface area contributed by atoms with E-state index in [1.807, 2.05) is 24.3 Å². The number of benzene rings is 1. The Labute approximate surface area is 87.6 Å². The third-order valence-electron chi connectivity index (χ3n) is 1.91. The number of hydrogen-bond acceptors (Lipinski definition) is 1. The Morgan fingerprint density at radius 2 is 1.92 bits per heavy atom. The van der Waals surface area contributed by atoms with Crippen molar-refractivity contribution in [1.29, 1.82) is 0 Å². The first-order chi connectivity index (χ1) is 6.16. The Balaban J connectivity index is 2.64. The van der Waals surface area contributed by atoms with Crippen LogP contribution in [-0.2, 0) is 4.79 Å². The van der Waals surface area contributed by atoms with E-state index in [0.29, 0.717) is 3.62 Å². The van der Waals surface area contributed by atoms with Gasteiger partial charge in [0, 0.05) is 0 Å². The molecular formula is C9H6Cl2OTe. The SMILES string of the molecule is O=CC1=Cc2ccccc2[Te]1(Cl)Cl. The molecule has 0 radical (unpaired) electrons. The van der Waals surface area contributed by atoms with Gasteiger partial charge in [-0.2, -0.15) is 0 Å². The quantitative estimate of drug-likeness (QED) is 0.569. The summed E-state index contributed by atoms with van der Waals surface area (Å²) in [6, 6.07) is 7.64. The van der Waals surface area contributed by atoms with Crippen molar-refractivity contribution in [3.8, 4) is 0 Å². The Kier molecular flexibility index (Phi) is 2.42.